The Kier molecular flexibility index (Phi) is 4.38. The van der Waals surface area contributed by atoms with Crippen LogP contribution in [0.2, 0.25) is 0 Å². The van der Waals surface area contributed by atoms with E-state index in [2.05, 4.69) is 10.6 Å². The first-order valence-corrected chi connectivity index (χ1v) is 7.81. The van der Waals surface area contributed by atoms with E-state index < -0.39 is 15.8 Å². The number of anilines is 1. The van der Waals surface area contributed by atoms with Crippen molar-refractivity contribution in [3.05, 3.63) is 24.0 Å². The maximum absolute atomic E-state index is 13.7. The fourth-order valence-electron chi connectivity index (χ4n) is 2.15. The van der Waals surface area contributed by atoms with Gasteiger partial charge in [0.1, 0.15) is 5.82 Å². The van der Waals surface area contributed by atoms with Crippen molar-refractivity contribution in [3.8, 4) is 0 Å². The van der Waals surface area contributed by atoms with Gasteiger partial charge >= 0.3 is 0 Å². The maximum Gasteiger partial charge on any atom is 0.238 e. The van der Waals surface area contributed by atoms with Crippen LogP contribution in [0.5, 0.6) is 0 Å². The number of nitrogens with one attached hydrogen (secondary N) is 2. The van der Waals surface area contributed by atoms with Crippen molar-refractivity contribution in [2.45, 2.75) is 30.2 Å². The number of hydrogen-bond donors (Lipinski definition) is 3. The van der Waals surface area contributed by atoms with Gasteiger partial charge in [-0.15, -0.1) is 0 Å². The average Bonchev–Trinajstić information content (AvgIpc) is 2.37. The van der Waals surface area contributed by atoms with E-state index in [0.29, 0.717) is 18.3 Å². The molecule has 1 atom stereocenters. The summed E-state index contributed by atoms with van der Waals surface area (Å²) in [7, 11) is -3.86. The molecular weight excluding hydrogens is 269 g/mol. The van der Waals surface area contributed by atoms with E-state index in [1.807, 2.05) is 0 Å². The molecule has 106 valence electrons. The van der Waals surface area contributed by atoms with Crippen molar-refractivity contribution in [1.29, 1.82) is 0 Å². The third kappa shape index (κ3) is 3.89. The van der Waals surface area contributed by atoms with Gasteiger partial charge in [0.05, 0.1) is 10.6 Å². The van der Waals surface area contributed by atoms with E-state index in [9.17, 15) is 12.8 Å². The van der Waals surface area contributed by atoms with Gasteiger partial charge in [0, 0.05) is 12.6 Å². The molecule has 4 N–H and O–H groups in total. The number of rotatable bonds is 4. The van der Waals surface area contributed by atoms with Crippen molar-refractivity contribution in [1.82, 2.24) is 5.32 Å². The number of sulfonamides is 1. The summed E-state index contributed by atoms with van der Waals surface area (Å²) in [5.74, 6) is -0.609. The smallest absolute Gasteiger partial charge is 0.238 e. The second-order valence-corrected chi connectivity index (χ2v) is 6.28. The van der Waals surface area contributed by atoms with Crippen molar-refractivity contribution >= 4 is 15.7 Å². The first-order chi connectivity index (χ1) is 8.97. The van der Waals surface area contributed by atoms with Crippen molar-refractivity contribution in [2.24, 2.45) is 5.14 Å². The number of nitrogens with two attached hydrogens (primary N) is 1. The minimum absolute atomic E-state index is 0.216. The summed E-state index contributed by atoms with van der Waals surface area (Å²) in [6.07, 6.45) is 3.41. The van der Waals surface area contributed by atoms with Gasteiger partial charge in [-0.2, -0.15) is 0 Å². The molecule has 0 bridgehead atoms. The first-order valence-electron chi connectivity index (χ1n) is 6.26. The van der Waals surface area contributed by atoms with Gasteiger partial charge in [-0.1, -0.05) is 6.42 Å². The highest BCUT2D eigenvalue weighted by atomic mass is 32.2. The molecule has 1 aromatic rings. The second-order valence-electron chi connectivity index (χ2n) is 4.71. The van der Waals surface area contributed by atoms with Crippen LogP contribution >= 0.6 is 0 Å². The lowest BCUT2D eigenvalue weighted by atomic mass is 10.1. The van der Waals surface area contributed by atoms with Crippen LogP contribution in [-0.4, -0.2) is 27.5 Å². The van der Waals surface area contributed by atoms with E-state index in [1.54, 1.807) is 0 Å². The van der Waals surface area contributed by atoms with Gasteiger partial charge in [-0.05, 0) is 37.6 Å². The lowest BCUT2D eigenvalue weighted by Gasteiger charge is -2.24. The zero-order valence-corrected chi connectivity index (χ0v) is 11.3. The van der Waals surface area contributed by atoms with Gasteiger partial charge in [0.2, 0.25) is 10.0 Å². The van der Waals surface area contributed by atoms with Gasteiger partial charge in [-0.3, -0.25) is 0 Å². The summed E-state index contributed by atoms with van der Waals surface area (Å²) in [6, 6.07) is 3.96. The monoisotopic (exact) mass is 287 g/mol. The Balaban J connectivity index is 2.01. The van der Waals surface area contributed by atoms with Gasteiger partial charge in [0.15, 0.2) is 0 Å². The molecule has 0 spiro atoms. The third-order valence-corrected chi connectivity index (χ3v) is 4.13. The summed E-state index contributed by atoms with van der Waals surface area (Å²) in [4.78, 5) is -0.216. The summed E-state index contributed by atoms with van der Waals surface area (Å²) in [5, 5.41) is 11.3. The van der Waals surface area contributed by atoms with Crippen molar-refractivity contribution in [2.75, 3.05) is 18.4 Å². The highest BCUT2D eigenvalue weighted by Crippen LogP contribution is 2.18. The van der Waals surface area contributed by atoms with Crippen LogP contribution in [0.1, 0.15) is 19.3 Å². The fourth-order valence-corrected chi connectivity index (χ4v) is 2.67. The number of piperidine rings is 1. The zero-order valence-electron chi connectivity index (χ0n) is 10.5. The molecule has 1 saturated heterocycles. The molecule has 1 fully saturated rings. The molecule has 0 radical (unpaired) electrons. The fraction of sp³-hybridized carbons (Fsp3) is 0.500. The maximum atomic E-state index is 13.7. The number of benzene rings is 1. The molecule has 1 unspecified atom stereocenters. The van der Waals surface area contributed by atoms with Crippen LogP contribution in [0, 0.1) is 5.82 Å². The Hall–Kier alpha value is -1.18. The second kappa shape index (κ2) is 5.85. The van der Waals surface area contributed by atoms with E-state index in [-0.39, 0.29) is 4.90 Å². The Morgan fingerprint density at radius 1 is 1.42 bits per heavy atom. The van der Waals surface area contributed by atoms with Crippen LogP contribution in [0.15, 0.2) is 23.1 Å². The van der Waals surface area contributed by atoms with Crippen LogP contribution in [0.4, 0.5) is 10.1 Å². The lowest BCUT2D eigenvalue weighted by Crippen LogP contribution is -2.39. The van der Waals surface area contributed by atoms with E-state index in [1.165, 1.54) is 25.0 Å². The van der Waals surface area contributed by atoms with Gasteiger partial charge < -0.3 is 10.6 Å². The Morgan fingerprint density at radius 2 is 2.21 bits per heavy atom. The minimum Gasteiger partial charge on any atom is -0.381 e. The Labute approximate surface area is 112 Å². The summed E-state index contributed by atoms with van der Waals surface area (Å²) in [6.45, 7) is 1.60. The summed E-state index contributed by atoms with van der Waals surface area (Å²) < 4.78 is 35.9. The third-order valence-electron chi connectivity index (χ3n) is 3.22. The minimum atomic E-state index is -3.86. The molecule has 0 aliphatic carbocycles. The Morgan fingerprint density at radius 3 is 2.79 bits per heavy atom. The molecule has 19 heavy (non-hydrogen) atoms. The molecule has 1 aromatic carbocycles. The van der Waals surface area contributed by atoms with Crippen LogP contribution < -0.4 is 15.8 Å². The lowest BCUT2D eigenvalue weighted by molar-refractivity contribution is 0.414. The zero-order chi connectivity index (χ0) is 13.9. The standard InChI is InChI=1S/C12H18FN3O2S/c13-11-7-10(19(14,17)18)4-5-12(11)16-8-9-3-1-2-6-15-9/h4-5,7,9,15-16H,1-3,6,8H2,(H2,14,17,18). The largest absolute Gasteiger partial charge is 0.381 e. The van der Waals surface area contributed by atoms with Gasteiger partial charge in [0.25, 0.3) is 0 Å². The van der Waals surface area contributed by atoms with Crippen molar-refractivity contribution in [3.63, 3.8) is 0 Å². The normalized spacial score (nSPS) is 20.2. The molecule has 0 saturated carbocycles. The van der Waals surface area contributed by atoms with Crippen LogP contribution in [0.25, 0.3) is 0 Å². The highest BCUT2D eigenvalue weighted by Gasteiger charge is 2.14. The van der Waals surface area contributed by atoms with E-state index >= 15 is 0 Å². The van der Waals surface area contributed by atoms with Crippen molar-refractivity contribution < 1.29 is 12.8 Å². The predicted octanol–water partition coefficient (Wildman–Crippen LogP) is 1.03. The molecule has 1 aliphatic heterocycles. The molecule has 0 amide bonds. The number of hydrogen-bond acceptors (Lipinski definition) is 4. The SMILES string of the molecule is NS(=O)(=O)c1ccc(NCC2CCCCN2)c(F)c1. The van der Waals surface area contributed by atoms with Gasteiger partial charge in [-0.25, -0.2) is 17.9 Å². The average molecular weight is 287 g/mol. The van der Waals surface area contributed by atoms with E-state index in [4.69, 9.17) is 5.14 Å². The van der Waals surface area contributed by atoms with E-state index in [0.717, 1.165) is 19.0 Å². The highest BCUT2D eigenvalue weighted by molar-refractivity contribution is 7.89. The molecule has 5 nitrogen and oxygen atoms in total. The quantitative estimate of drug-likeness (QED) is 0.772. The number of primary sulfonamides is 1. The molecule has 2 rings (SSSR count). The molecular formula is C12H18FN3O2S. The summed E-state index contributed by atoms with van der Waals surface area (Å²) in [5.41, 5.74) is 0.291. The topological polar surface area (TPSA) is 84.2 Å². The summed E-state index contributed by atoms with van der Waals surface area (Å²) >= 11 is 0. The molecule has 1 heterocycles. The Bertz CT molecular complexity index is 542. The molecule has 0 aromatic heterocycles. The van der Waals surface area contributed by atoms with Crippen LogP contribution in [0.3, 0.4) is 0 Å². The first kappa shape index (κ1) is 14.2. The predicted molar refractivity (Wildman–Crippen MR) is 71.9 cm³/mol. The molecule has 7 heteroatoms. The molecule has 1 aliphatic rings. The number of halogens is 1. The van der Waals surface area contributed by atoms with Crippen LogP contribution in [-0.2, 0) is 10.0 Å².